The molecule has 1 aliphatic carbocycles. The van der Waals surface area contributed by atoms with Crippen LogP contribution in [0.1, 0.15) is 32.5 Å². The molecule has 1 aromatic rings. The molecule has 2 rings (SSSR count). The summed E-state index contributed by atoms with van der Waals surface area (Å²) in [6, 6.07) is 0. The minimum absolute atomic E-state index is 0.418. The van der Waals surface area contributed by atoms with Crippen molar-refractivity contribution < 1.29 is 0 Å². The van der Waals surface area contributed by atoms with Crippen molar-refractivity contribution in [1.29, 1.82) is 0 Å². The van der Waals surface area contributed by atoms with E-state index in [1.807, 2.05) is 4.68 Å². The van der Waals surface area contributed by atoms with Crippen molar-refractivity contribution in [2.24, 2.45) is 17.1 Å². The minimum Gasteiger partial charge on any atom is -0.324 e. The molecule has 0 atom stereocenters. The molecule has 14 heavy (non-hydrogen) atoms. The van der Waals surface area contributed by atoms with Crippen LogP contribution < -0.4 is 5.73 Å². The second-order valence-corrected chi connectivity index (χ2v) is 4.47. The lowest BCUT2D eigenvalue weighted by Crippen LogP contribution is -2.21. The van der Waals surface area contributed by atoms with Gasteiger partial charge in [-0.25, -0.2) is 4.68 Å². The highest BCUT2D eigenvalue weighted by molar-refractivity contribution is 4.96. The molecule has 1 heterocycles. The minimum atomic E-state index is 0.418. The molecule has 0 radical (unpaired) electrons. The lowest BCUT2D eigenvalue weighted by molar-refractivity contribution is 0.288. The van der Waals surface area contributed by atoms with Gasteiger partial charge in [0.1, 0.15) is 0 Å². The van der Waals surface area contributed by atoms with E-state index in [9.17, 15) is 0 Å². The molecular weight excluding hydrogens is 178 g/mol. The summed E-state index contributed by atoms with van der Waals surface area (Å²) in [5.41, 5.74) is 5.98. The van der Waals surface area contributed by atoms with Crippen LogP contribution in [0.2, 0.25) is 0 Å². The largest absolute Gasteiger partial charge is 0.324 e. The topological polar surface area (TPSA) is 69.6 Å². The fourth-order valence-corrected chi connectivity index (χ4v) is 1.87. The summed E-state index contributed by atoms with van der Waals surface area (Å²) >= 11 is 0. The van der Waals surface area contributed by atoms with Gasteiger partial charge in [0.2, 0.25) is 0 Å². The van der Waals surface area contributed by atoms with Gasteiger partial charge in [0, 0.05) is 0 Å². The van der Waals surface area contributed by atoms with Gasteiger partial charge in [0.05, 0.1) is 13.1 Å². The number of rotatable bonds is 4. The van der Waals surface area contributed by atoms with Crippen LogP contribution in [0.3, 0.4) is 0 Å². The van der Waals surface area contributed by atoms with Gasteiger partial charge < -0.3 is 5.73 Å². The second-order valence-electron chi connectivity index (χ2n) is 4.47. The van der Waals surface area contributed by atoms with E-state index in [1.54, 1.807) is 0 Å². The Morgan fingerprint density at radius 3 is 2.71 bits per heavy atom. The summed E-state index contributed by atoms with van der Waals surface area (Å²) in [7, 11) is 0. The zero-order valence-corrected chi connectivity index (χ0v) is 8.77. The molecule has 0 amide bonds. The number of nitrogens with two attached hydrogens (primary N) is 1. The summed E-state index contributed by atoms with van der Waals surface area (Å²) in [6.07, 6.45) is 2.57. The van der Waals surface area contributed by atoms with Gasteiger partial charge in [0.15, 0.2) is 5.82 Å². The molecule has 0 bridgehead atoms. The van der Waals surface area contributed by atoms with Crippen LogP contribution >= 0.6 is 0 Å². The summed E-state index contributed by atoms with van der Waals surface area (Å²) < 4.78 is 1.85. The van der Waals surface area contributed by atoms with Crippen LogP contribution in [0.15, 0.2) is 0 Å². The highest BCUT2D eigenvalue weighted by Crippen LogP contribution is 2.53. The van der Waals surface area contributed by atoms with Gasteiger partial charge >= 0.3 is 0 Å². The van der Waals surface area contributed by atoms with Gasteiger partial charge in [-0.3, -0.25) is 0 Å². The summed E-state index contributed by atoms with van der Waals surface area (Å²) in [5, 5.41) is 11.5. The normalized spacial score (nSPS) is 18.9. The SMILES string of the molecule is CC(C)C1(Cn2nnnc2CN)CC1. The summed E-state index contributed by atoms with van der Waals surface area (Å²) in [4.78, 5) is 0. The molecule has 78 valence electrons. The number of nitrogens with zero attached hydrogens (tertiary/aromatic N) is 4. The van der Waals surface area contributed by atoms with Crippen molar-refractivity contribution in [3.8, 4) is 0 Å². The van der Waals surface area contributed by atoms with E-state index in [4.69, 9.17) is 5.73 Å². The Morgan fingerprint density at radius 1 is 1.50 bits per heavy atom. The first kappa shape index (κ1) is 9.58. The van der Waals surface area contributed by atoms with Crippen LogP contribution in [-0.4, -0.2) is 20.2 Å². The van der Waals surface area contributed by atoms with E-state index < -0.39 is 0 Å². The van der Waals surface area contributed by atoms with Gasteiger partial charge in [0.25, 0.3) is 0 Å². The monoisotopic (exact) mass is 195 g/mol. The standard InChI is InChI=1S/C9H17N5/c1-7(2)9(3-4-9)6-14-8(5-10)11-12-13-14/h7H,3-6,10H2,1-2H3. The Labute approximate surface area is 83.7 Å². The molecule has 1 saturated carbocycles. The lowest BCUT2D eigenvalue weighted by atomic mass is 9.92. The fraction of sp³-hybridized carbons (Fsp3) is 0.889. The van der Waals surface area contributed by atoms with Crippen molar-refractivity contribution in [2.75, 3.05) is 0 Å². The molecule has 1 fully saturated rings. The Hall–Kier alpha value is -0.970. The molecular formula is C9H17N5. The van der Waals surface area contributed by atoms with E-state index in [-0.39, 0.29) is 0 Å². The maximum Gasteiger partial charge on any atom is 0.164 e. The maximum absolute atomic E-state index is 5.55. The Balaban J connectivity index is 2.11. The molecule has 5 heteroatoms. The van der Waals surface area contributed by atoms with Crippen LogP contribution in [0.4, 0.5) is 0 Å². The lowest BCUT2D eigenvalue weighted by Gasteiger charge is -2.19. The Kier molecular flexibility index (Phi) is 2.26. The van der Waals surface area contributed by atoms with Crippen molar-refractivity contribution in [1.82, 2.24) is 20.2 Å². The summed E-state index contributed by atoms with van der Waals surface area (Å²) in [6.45, 7) is 5.87. The predicted molar refractivity (Wildman–Crippen MR) is 52.2 cm³/mol. The molecule has 2 N–H and O–H groups in total. The maximum atomic E-state index is 5.55. The zero-order valence-electron chi connectivity index (χ0n) is 8.77. The fourth-order valence-electron chi connectivity index (χ4n) is 1.87. The summed E-state index contributed by atoms with van der Waals surface area (Å²) in [5.74, 6) is 1.48. The van der Waals surface area contributed by atoms with E-state index >= 15 is 0 Å². The van der Waals surface area contributed by atoms with E-state index in [1.165, 1.54) is 12.8 Å². The zero-order chi connectivity index (χ0) is 10.2. The van der Waals surface area contributed by atoms with Crippen molar-refractivity contribution >= 4 is 0 Å². The van der Waals surface area contributed by atoms with Crippen LogP contribution in [0.5, 0.6) is 0 Å². The van der Waals surface area contributed by atoms with Crippen LogP contribution in [0.25, 0.3) is 0 Å². The van der Waals surface area contributed by atoms with E-state index in [2.05, 4.69) is 29.4 Å². The third kappa shape index (κ3) is 1.52. The highest BCUT2D eigenvalue weighted by atomic mass is 15.5. The third-order valence-electron chi connectivity index (χ3n) is 3.37. The molecule has 5 nitrogen and oxygen atoms in total. The first-order valence-corrected chi connectivity index (χ1v) is 5.13. The highest BCUT2D eigenvalue weighted by Gasteiger charge is 2.46. The van der Waals surface area contributed by atoms with Gasteiger partial charge in [-0.1, -0.05) is 13.8 Å². The molecule has 0 saturated heterocycles. The van der Waals surface area contributed by atoms with Crippen LogP contribution in [0, 0.1) is 11.3 Å². The second kappa shape index (κ2) is 3.31. The van der Waals surface area contributed by atoms with Gasteiger partial charge in [-0.05, 0) is 34.6 Å². The quantitative estimate of drug-likeness (QED) is 0.762. The Morgan fingerprint density at radius 2 is 2.21 bits per heavy atom. The van der Waals surface area contributed by atoms with Crippen molar-refractivity contribution in [3.05, 3.63) is 5.82 Å². The first-order valence-electron chi connectivity index (χ1n) is 5.13. The van der Waals surface area contributed by atoms with Crippen LogP contribution in [-0.2, 0) is 13.1 Å². The molecule has 1 aliphatic rings. The molecule has 1 aromatic heterocycles. The number of aromatic nitrogens is 4. The molecule has 0 aliphatic heterocycles. The number of hydrogen-bond acceptors (Lipinski definition) is 4. The number of tetrazole rings is 1. The van der Waals surface area contributed by atoms with E-state index in [0.717, 1.165) is 12.4 Å². The Bertz CT molecular complexity index is 313. The average molecular weight is 195 g/mol. The van der Waals surface area contributed by atoms with E-state index in [0.29, 0.717) is 17.9 Å². The molecule has 0 spiro atoms. The predicted octanol–water partition coefficient (Wildman–Crippen LogP) is 0.568. The molecule has 0 aromatic carbocycles. The third-order valence-corrected chi connectivity index (χ3v) is 3.37. The van der Waals surface area contributed by atoms with Crippen molar-refractivity contribution in [2.45, 2.75) is 39.8 Å². The van der Waals surface area contributed by atoms with Crippen molar-refractivity contribution in [3.63, 3.8) is 0 Å². The number of hydrogen-bond donors (Lipinski definition) is 1. The first-order chi connectivity index (χ1) is 6.68. The smallest absolute Gasteiger partial charge is 0.164 e. The van der Waals surface area contributed by atoms with Gasteiger partial charge in [-0.15, -0.1) is 5.10 Å². The van der Waals surface area contributed by atoms with Gasteiger partial charge in [-0.2, -0.15) is 0 Å². The average Bonchev–Trinajstić information content (AvgIpc) is 2.79. The molecule has 0 unspecified atom stereocenters.